The Morgan fingerprint density at radius 2 is 1.96 bits per heavy atom. The minimum Gasteiger partial charge on any atom is -0.370 e. The lowest BCUT2D eigenvalue weighted by Gasteiger charge is -2.42. The first-order valence-corrected chi connectivity index (χ1v) is 8.66. The summed E-state index contributed by atoms with van der Waals surface area (Å²) < 4.78 is 0. The quantitative estimate of drug-likeness (QED) is 0.660. The number of piperidine rings is 1. The number of rotatable bonds is 4. The van der Waals surface area contributed by atoms with Gasteiger partial charge >= 0.3 is 0 Å². The highest BCUT2D eigenvalue weighted by atomic mass is 15.2. The fraction of sp³-hybridized carbons (Fsp3) is 0.632. The number of hydrogen-bond donors (Lipinski definition) is 2. The summed E-state index contributed by atoms with van der Waals surface area (Å²) in [5, 5.41) is 3.22. The number of nitrogens with zero attached hydrogens (tertiary/aromatic N) is 2. The van der Waals surface area contributed by atoms with Crippen LogP contribution in [0.2, 0.25) is 0 Å². The molecule has 1 aliphatic heterocycles. The van der Waals surface area contributed by atoms with Crippen molar-refractivity contribution in [3.8, 4) is 0 Å². The van der Waals surface area contributed by atoms with Gasteiger partial charge in [-0.2, -0.15) is 0 Å². The van der Waals surface area contributed by atoms with Gasteiger partial charge in [0.05, 0.1) is 6.54 Å². The molecule has 1 aliphatic rings. The molecule has 1 heterocycles. The van der Waals surface area contributed by atoms with Crippen LogP contribution in [0.5, 0.6) is 0 Å². The van der Waals surface area contributed by atoms with Crippen molar-refractivity contribution in [3.05, 3.63) is 29.3 Å². The number of nitrogens with one attached hydrogen (secondary N) is 1. The summed E-state index contributed by atoms with van der Waals surface area (Å²) in [6, 6.07) is 6.33. The van der Waals surface area contributed by atoms with E-state index in [2.05, 4.69) is 68.0 Å². The molecule has 0 aliphatic carbocycles. The molecule has 1 atom stereocenters. The van der Waals surface area contributed by atoms with E-state index in [0.717, 1.165) is 24.7 Å². The third-order valence-corrected chi connectivity index (χ3v) is 4.64. The van der Waals surface area contributed by atoms with Gasteiger partial charge in [0.1, 0.15) is 0 Å². The van der Waals surface area contributed by atoms with E-state index in [-0.39, 0.29) is 5.54 Å². The molecule has 2 rings (SSSR count). The molecule has 0 amide bonds. The largest absolute Gasteiger partial charge is 0.370 e. The highest BCUT2D eigenvalue weighted by Crippen LogP contribution is 2.24. The Kier molecular flexibility index (Phi) is 5.69. The van der Waals surface area contributed by atoms with E-state index in [9.17, 15) is 0 Å². The van der Waals surface area contributed by atoms with Crippen LogP contribution in [0.4, 0.5) is 5.69 Å². The molecule has 0 saturated carbocycles. The average molecular weight is 316 g/mol. The topological polar surface area (TPSA) is 53.6 Å². The van der Waals surface area contributed by atoms with Crippen molar-refractivity contribution in [2.45, 2.75) is 53.0 Å². The molecule has 0 spiro atoms. The van der Waals surface area contributed by atoms with Crippen LogP contribution in [-0.2, 0) is 0 Å². The number of nitrogens with two attached hydrogens (primary N) is 1. The third kappa shape index (κ3) is 5.24. The van der Waals surface area contributed by atoms with E-state index in [1.807, 2.05) is 0 Å². The molecule has 23 heavy (non-hydrogen) atoms. The van der Waals surface area contributed by atoms with Crippen molar-refractivity contribution in [3.63, 3.8) is 0 Å². The van der Waals surface area contributed by atoms with Crippen molar-refractivity contribution in [2.24, 2.45) is 16.6 Å². The summed E-state index contributed by atoms with van der Waals surface area (Å²) in [6.45, 7) is 14.1. The van der Waals surface area contributed by atoms with Gasteiger partial charge in [-0.05, 0) is 76.3 Å². The molecule has 128 valence electrons. The van der Waals surface area contributed by atoms with Crippen LogP contribution in [0.1, 0.15) is 44.7 Å². The number of anilines is 1. The summed E-state index contributed by atoms with van der Waals surface area (Å²) in [4.78, 5) is 7.14. The molecule has 1 aromatic rings. The smallest absolute Gasteiger partial charge is 0.193 e. The maximum Gasteiger partial charge on any atom is 0.193 e. The minimum absolute atomic E-state index is 0.0451. The van der Waals surface area contributed by atoms with E-state index in [1.165, 1.54) is 24.0 Å². The Bertz CT molecular complexity index is 542. The van der Waals surface area contributed by atoms with Crippen molar-refractivity contribution in [1.29, 1.82) is 0 Å². The van der Waals surface area contributed by atoms with Crippen LogP contribution < -0.4 is 11.1 Å². The van der Waals surface area contributed by atoms with E-state index in [1.54, 1.807) is 0 Å². The summed E-state index contributed by atoms with van der Waals surface area (Å²) in [7, 11) is 0. The Hall–Kier alpha value is -1.55. The first-order valence-electron chi connectivity index (χ1n) is 8.66. The molecule has 4 nitrogen and oxygen atoms in total. The third-order valence-electron chi connectivity index (χ3n) is 4.64. The van der Waals surface area contributed by atoms with Crippen molar-refractivity contribution in [1.82, 2.24) is 4.90 Å². The van der Waals surface area contributed by atoms with Crippen LogP contribution >= 0.6 is 0 Å². The Labute approximate surface area is 141 Å². The Morgan fingerprint density at radius 3 is 2.57 bits per heavy atom. The highest BCUT2D eigenvalue weighted by Gasteiger charge is 2.29. The first-order chi connectivity index (χ1) is 10.8. The molecule has 0 bridgehead atoms. The molecule has 3 N–H and O–H groups in total. The van der Waals surface area contributed by atoms with E-state index < -0.39 is 0 Å². The van der Waals surface area contributed by atoms with Crippen molar-refractivity contribution in [2.75, 3.05) is 25.0 Å². The zero-order valence-corrected chi connectivity index (χ0v) is 15.3. The molecule has 4 heteroatoms. The monoisotopic (exact) mass is 316 g/mol. The molecule has 1 fully saturated rings. The average Bonchev–Trinajstić information content (AvgIpc) is 2.44. The maximum atomic E-state index is 6.09. The van der Waals surface area contributed by atoms with Crippen LogP contribution in [0, 0.1) is 19.8 Å². The maximum absolute atomic E-state index is 6.09. The minimum atomic E-state index is 0.0451. The zero-order valence-electron chi connectivity index (χ0n) is 15.3. The predicted molar refractivity (Wildman–Crippen MR) is 100 cm³/mol. The second-order valence-electron chi connectivity index (χ2n) is 7.71. The second-order valence-corrected chi connectivity index (χ2v) is 7.71. The standard InChI is InChI=1S/C19H32N4/c1-14-7-6-8-23(12-14)19(4,5)13-21-18(20)22-17-10-15(2)9-16(3)11-17/h9-11,14H,6-8,12-13H2,1-5H3,(H3,20,21,22). The number of guanidine groups is 1. The van der Waals surface area contributed by atoms with Crippen LogP contribution in [0.15, 0.2) is 23.2 Å². The summed E-state index contributed by atoms with van der Waals surface area (Å²) in [6.07, 6.45) is 2.62. The summed E-state index contributed by atoms with van der Waals surface area (Å²) in [5.74, 6) is 1.27. The van der Waals surface area contributed by atoms with Gasteiger partial charge in [0.25, 0.3) is 0 Å². The summed E-state index contributed by atoms with van der Waals surface area (Å²) >= 11 is 0. The van der Waals surface area contributed by atoms with Gasteiger partial charge in [-0.1, -0.05) is 13.0 Å². The van der Waals surface area contributed by atoms with Gasteiger partial charge in [-0.15, -0.1) is 0 Å². The number of likely N-dealkylation sites (tertiary alicyclic amines) is 1. The van der Waals surface area contributed by atoms with Crippen molar-refractivity contribution < 1.29 is 0 Å². The lowest BCUT2D eigenvalue weighted by Crippen LogP contribution is -2.51. The van der Waals surface area contributed by atoms with Gasteiger partial charge in [0.2, 0.25) is 0 Å². The fourth-order valence-electron chi connectivity index (χ4n) is 3.35. The normalized spacial score (nSPS) is 20.6. The number of benzene rings is 1. The zero-order chi connectivity index (χ0) is 17.0. The van der Waals surface area contributed by atoms with E-state index in [4.69, 9.17) is 5.73 Å². The molecule has 1 aromatic carbocycles. The van der Waals surface area contributed by atoms with Gasteiger partial charge in [-0.25, -0.2) is 0 Å². The molecule has 0 radical (unpaired) electrons. The lowest BCUT2D eigenvalue weighted by molar-refractivity contribution is 0.0775. The molecule has 1 saturated heterocycles. The molecular formula is C19H32N4. The van der Waals surface area contributed by atoms with Crippen LogP contribution in [-0.4, -0.2) is 36.0 Å². The molecule has 0 aromatic heterocycles. The van der Waals surface area contributed by atoms with Gasteiger partial charge in [-0.3, -0.25) is 9.89 Å². The van der Waals surface area contributed by atoms with Crippen LogP contribution in [0.3, 0.4) is 0 Å². The highest BCUT2D eigenvalue weighted by molar-refractivity contribution is 5.92. The van der Waals surface area contributed by atoms with Gasteiger partial charge in [0, 0.05) is 17.8 Å². The van der Waals surface area contributed by atoms with Gasteiger partial charge in [0.15, 0.2) is 5.96 Å². The Balaban J connectivity index is 1.97. The number of aryl methyl sites for hydroxylation is 2. The summed E-state index contributed by atoms with van der Waals surface area (Å²) in [5.41, 5.74) is 9.59. The first kappa shape index (κ1) is 17.8. The fourth-order valence-corrected chi connectivity index (χ4v) is 3.35. The SMILES string of the molecule is Cc1cc(C)cc(NC(N)=NCC(C)(C)N2CCCC(C)C2)c1. The number of aliphatic imine (C=N–C) groups is 1. The second kappa shape index (κ2) is 7.35. The van der Waals surface area contributed by atoms with Gasteiger partial charge < -0.3 is 11.1 Å². The lowest BCUT2D eigenvalue weighted by atomic mass is 9.94. The molecular weight excluding hydrogens is 284 g/mol. The Morgan fingerprint density at radius 1 is 1.30 bits per heavy atom. The van der Waals surface area contributed by atoms with E-state index >= 15 is 0 Å². The van der Waals surface area contributed by atoms with Crippen molar-refractivity contribution >= 4 is 11.6 Å². The van der Waals surface area contributed by atoms with E-state index in [0.29, 0.717) is 12.5 Å². The predicted octanol–water partition coefficient (Wildman–Crippen LogP) is 3.54. The van der Waals surface area contributed by atoms with Crippen LogP contribution in [0.25, 0.3) is 0 Å². The molecule has 1 unspecified atom stereocenters. The number of hydrogen-bond acceptors (Lipinski definition) is 2.